The van der Waals surface area contributed by atoms with Crippen LogP contribution in [0.15, 0.2) is 18.2 Å². The van der Waals surface area contributed by atoms with Gasteiger partial charge in [-0.15, -0.1) is 0 Å². The standard InChI is InChI=1S/C11H14INO/c1-8-3-4-11-10(5-8)13(2)7-9(6-12)14-11/h3-5,9H,6-7H2,1-2H3. The first-order chi connectivity index (χ1) is 6.70. The summed E-state index contributed by atoms with van der Waals surface area (Å²) in [6.07, 6.45) is 0.329. The summed E-state index contributed by atoms with van der Waals surface area (Å²) in [5, 5.41) is 0. The van der Waals surface area contributed by atoms with Crippen molar-refractivity contribution in [2.45, 2.75) is 13.0 Å². The van der Waals surface area contributed by atoms with Gasteiger partial charge in [0.05, 0.1) is 12.2 Å². The zero-order valence-corrected chi connectivity index (χ0v) is 10.6. The average Bonchev–Trinajstić information content (AvgIpc) is 2.19. The van der Waals surface area contributed by atoms with Crippen LogP contribution < -0.4 is 9.64 Å². The molecule has 0 bridgehead atoms. The number of hydrogen-bond donors (Lipinski definition) is 0. The third kappa shape index (κ3) is 1.82. The number of likely N-dealkylation sites (N-methyl/N-ethyl adjacent to an activating group) is 1. The Labute approximate surface area is 98.4 Å². The van der Waals surface area contributed by atoms with Crippen molar-refractivity contribution in [3.63, 3.8) is 0 Å². The highest BCUT2D eigenvalue weighted by atomic mass is 127. The first-order valence-corrected chi connectivity index (χ1v) is 6.27. The molecule has 2 rings (SSSR count). The van der Waals surface area contributed by atoms with Gasteiger partial charge in [0.2, 0.25) is 0 Å². The van der Waals surface area contributed by atoms with Crippen molar-refractivity contribution in [3.05, 3.63) is 23.8 Å². The Kier molecular flexibility index (Phi) is 2.85. The van der Waals surface area contributed by atoms with Gasteiger partial charge in [-0.1, -0.05) is 28.7 Å². The Balaban J connectivity index is 2.35. The summed E-state index contributed by atoms with van der Waals surface area (Å²) in [5.41, 5.74) is 2.50. The van der Waals surface area contributed by atoms with Crippen molar-refractivity contribution in [2.24, 2.45) is 0 Å². The number of halogens is 1. The number of rotatable bonds is 1. The van der Waals surface area contributed by atoms with Crippen LogP contribution in [0, 0.1) is 6.92 Å². The summed E-state index contributed by atoms with van der Waals surface area (Å²) in [5.74, 6) is 1.02. The van der Waals surface area contributed by atoms with Gasteiger partial charge in [-0.3, -0.25) is 0 Å². The van der Waals surface area contributed by atoms with E-state index in [9.17, 15) is 0 Å². The van der Waals surface area contributed by atoms with Crippen LogP contribution >= 0.6 is 22.6 Å². The van der Waals surface area contributed by atoms with Crippen LogP contribution in [-0.2, 0) is 0 Å². The molecule has 14 heavy (non-hydrogen) atoms. The Morgan fingerprint density at radius 3 is 3.07 bits per heavy atom. The minimum Gasteiger partial charge on any atom is -0.486 e. The number of alkyl halides is 1. The minimum absolute atomic E-state index is 0.329. The van der Waals surface area contributed by atoms with Gasteiger partial charge in [-0.05, 0) is 24.6 Å². The molecule has 0 amide bonds. The van der Waals surface area contributed by atoms with E-state index in [1.165, 1.54) is 11.3 Å². The second kappa shape index (κ2) is 3.96. The summed E-state index contributed by atoms with van der Waals surface area (Å²) >= 11 is 2.37. The second-order valence-electron chi connectivity index (χ2n) is 3.75. The predicted octanol–water partition coefficient (Wildman–Crippen LogP) is 2.63. The Morgan fingerprint density at radius 1 is 1.57 bits per heavy atom. The number of hydrogen-bond acceptors (Lipinski definition) is 2. The van der Waals surface area contributed by atoms with E-state index in [1.807, 2.05) is 0 Å². The van der Waals surface area contributed by atoms with Gasteiger partial charge in [0.1, 0.15) is 11.9 Å². The largest absolute Gasteiger partial charge is 0.486 e. The van der Waals surface area contributed by atoms with Crippen molar-refractivity contribution in [1.29, 1.82) is 0 Å². The van der Waals surface area contributed by atoms with Crippen molar-refractivity contribution < 1.29 is 4.74 Å². The number of nitrogens with zero attached hydrogens (tertiary/aromatic N) is 1. The van der Waals surface area contributed by atoms with Crippen molar-refractivity contribution in [3.8, 4) is 5.75 Å². The van der Waals surface area contributed by atoms with Gasteiger partial charge < -0.3 is 9.64 Å². The molecule has 1 atom stereocenters. The van der Waals surface area contributed by atoms with Gasteiger partial charge in [0, 0.05) is 11.5 Å². The van der Waals surface area contributed by atoms with Crippen LogP contribution in [0.3, 0.4) is 0 Å². The molecule has 1 heterocycles. The molecule has 1 aromatic carbocycles. The zero-order valence-electron chi connectivity index (χ0n) is 8.46. The Morgan fingerprint density at radius 2 is 2.36 bits per heavy atom. The first kappa shape index (κ1) is 10.1. The monoisotopic (exact) mass is 303 g/mol. The van der Waals surface area contributed by atoms with Crippen molar-refractivity contribution in [2.75, 3.05) is 22.9 Å². The molecule has 0 spiro atoms. The van der Waals surface area contributed by atoms with Gasteiger partial charge in [0.15, 0.2) is 0 Å². The zero-order chi connectivity index (χ0) is 10.1. The number of aryl methyl sites for hydroxylation is 1. The molecule has 1 aliphatic rings. The van der Waals surface area contributed by atoms with Crippen LogP contribution in [0.4, 0.5) is 5.69 Å². The molecule has 1 aromatic rings. The fourth-order valence-electron chi connectivity index (χ4n) is 1.73. The first-order valence-electron chi connectivity index (χ1n) is 4.75. The summed E-state index contributed by atoms with van der Waals surface area (Å²) in [6, 6.07) is 6.35. The van der Waals surface area contributed by atoms with E-state index < -0.39 is 0 Å². The third-order valence-corrected chi connectivity index (χ3v) is 3.45. The average molecular weight is 303 g/mol. The van der Waals surface area contributed by atoms with Gasteiger partial charge in [-0.2, -0.15) is 0 Å². The lowest BCUT2D eigenvalue weighted by Gasteiger charge is -2.33. The highest BCUT2D eigenvalue weighted by Gasteiger charge is 2.22. The molecule has 0 N–H and O–H groups in total. The van der Waals surface area contributed by atoms with E-state index in [-0.39, 0.29) is 0 Å². The molecule has 1 aliphatic heterocycles. The van der Waals surface area contributed by atoms with Crippen LogP contribution in [0.5, 0.6) is 5.75 Å². The fourth-order valence-corrected chi connectivity index (χ4v) is 2.18. The normalized spacial score (nSPS) is 20.2. The highest BCUT2D eigenvalue weighted by molar-refractivity contribution is 14.1. The molecule has 0 saturated carbocycles. The van der Waals surface area contributed by atoms with Gasteiger partial charge in [0.25, 0.3) is 0 Å². The van der Waals surface area contributed by atoms with E-state index in [0.29, 0.717) is 6.10 Å². The molecule has 0 radical (unpaired) electrons. The minimum atomic E-state index is 0.329. The maximum Gasteiger partial charge on any atom is 0.143 e. The molecule has 2 nitrogen and oxygen atoms in total. The molecule has 3 heteroatoms. The number of anilines is 1. The van der Waals surface area contributed by atoms with Gasteiger partial charge >= 0.3 is 0 Å². The molecule has 0 saturated heterocycles. The lowest BCUT2D eigenvalue weighted by molar-refractivity contribution is 0.222. The van der Waals surface area contributed by atoms with Crippen molar-refractivity contribution in [1.82, 2.24) is 0 Å². The SMILES string of the molecule is Cc1ccc2c(c1)N(C)CC(CI)O2. The fraction of sp³-hybridized carbons (Fsp3) is 0.455. The van der Waals surface area contributed by atoms with E-state index in [1.54, 1.807) is 0 Å². The van der Waals surface area contributed by atoms with E-state index in [2.05, 4.69) is 59.7 Å². The Hall–Kier alpha value is -0.450. The lowest BCUT2D eigenvalue weighted by atomic mass is 10.1. The number of ether oxygens (including phenoxy) is 1. The van der Waals surface area contributed by atoms with Crippen LogP contribution in [0.2, 0.25) is 0 Å². The van der Waals surface area contributed by atoms with Crippen LogP contribution in [-0.4, -0.2) is 24.1 Å². The molecular weight excluding hydrogens is 289 g/mol. The van der Waals surface area contributed by atoms with Gasteiger partial charge in [-0.25, -0.2) is 0 Å². The lowest BCUT2D eigenvalue weighted by Crippen LogP contribution is -2.38. The van der Waals surface area contributed by atoms with E-state index >= 15 is 0 Å². The predicted molar refractivity (Wildman–Crippen MR) is 67.8 cm³/mol. The topological polar surface area (TPSA) is 12.5 Å². The van der Waals surface area contributed by atoms with Crippen LogP contribution in [0.25, 0.3) is 0 Å². The number of fused-ring (bicyclic) bond motifs is 1. The number of benzene rings is 1. The van der Waals surface area contributed by atoms with E-state index in [4.69, 9.17) is 4.74 Å². The summed E-state index contributed by atoms with van der Waals surface area (Å²) in [7, 11) is 2.13. The van der Waals surface area contributed by atoms with Crippen LogP contribution in [0.1, 0.15) is 5.56 Å². The second-order valence-corrected chi connectivity index (χ2v) is 4.63. The summed E-state index contributed by atoms with van der Waals surface area (Å²) in [4.78, 5) is 2.27. The third-order valence-electron chi connectivity index (χ3n) is 2.47. The smallest absolute Gasteiger partial charge is 0.143 e. The van der Waals surface area contributed by atoms with E-state index in [0.717, 1.165) is 16.7 Å². The molecule has 76 valence electrons. The molecule has 1 unspecified atom stereocenters. The maximum atomic E-state index is 5.86. The summed E-state index contributed by atoms with van der Waals surface area (Å²) < 4.78 is 6.89. The molecular formula is C11H14INO. The molecule has 0 aliphatic carbocycles. The maximum absolute atomic E-state index is 5.86. The molecule has 0 fully saturated rings. The Bertz CT molecular complexity index is 340. The highest BCUT2D eigenvalue weighted by Crippen LogP contribution is 2.33. The quantitative estimate of drug-likeness (QED) is 0.584. The summed E-state index contributed by atoms with van der Waals surface area (Å²) in [6.45, 7) is 3.10. The molecule has 0 aromatic heterocycles. The van der Waals surface area contributed by atoms with Crippen molar-refractivity contribution >= 4 is 28.3 Å².